The molecule has 208 valence electrons. The zero-order chi connectivity index (χ0) is 27.5. The highest BCUT2D eigenvalue weighted by Crippen LogP contribution is 2.29. The number of hydrogen-bond acceptors (Lipinski definition) is 7. The number of carbonyl (C=O) groups excluding carboxylic acids is 1. The molecular formula is C24H30ClFN4O6S2. The number of anilines is 1. The fourth-order valence-corrected chi connectivity index (χ4v) is 8.34. The predicted octanol–water partition coefficient (Wildman–Crippen LogP) is 2.25. The number of amides is 1. The quantitative estimate of drug-likeness (QED) is 0.271. The minimum atomic E-state index is -3.85. The van der Waals surface area contributed by atoms with Crippen LogP contribution in [0.4, 0.5) is 10.1 Å². The lowest BCUT2D eigenvalue weighted by molar-refractivity contribution is -0.164. The first-order valence-electron chi connectivity index (χ1n) is 12.2. The lowest BCUT2D eigenvalue weighted by Crippen LogP contribution is -2.53. The smallest absolute Gasteiger partial charge is 0.243 e. The lowest BCUT2D eigenvalue weighted by Gasteiger charge is -2.39. The van der Waals surface area contributed by atoms with Gasteiger partial charge in [0.15, 0.2) is 0 Å². The number of sulfonamides is 2. The number of carbonyl (C=O) groups is 1. The molecule has 0 aliphatic carbocycles. The highest BCUT2D eigenvalue weighted by Gasteiger charge is 2.39. The molecule has 1 atom stereocenters. The van der Waals surface area contributed by atoms with Gasteiger partial charge >= 0.3 is 0 Å². The van der Waals surface area contributed by atoms with E-state index in [1.165, 1.54) is 45.0 Å². The highest BCUT2D eigenvalue weighted by molar-refractivity contribution is 7.89. The Bertz CT molecular complexity index is 1310. The van der Waals surface area contributed by atoms with Crippen LogP contribution in [0.5, 0.6) is 0 Å². The lowest BCUT2D eigenvalue weighted by atomic mass is 9.91. The maximum absolute atomic E-state index is 13.3. The summed E-state index contributed by atoms with van der Waals surface area (Å²) in [6, 6.07) is 10.8. The third-order valence-electron chi connectivity index (χ3n) is 7.15. The maximum atomic E-state index is 13.3. The van der Waals surface area contributed by atoms with Crippen molar-refractivity contribution in [2.45, 2.75) is 23.8 Å². The molecule has 0 bridgehead atoms. The number of rotatable bonds is 9. The first-order valence-corrected chi connectivity index (χ1v) is 15.6. The van der Waals surface area contributed by atoms with Crippen molar-refractivity contribution in [2.24, 2.45) is 5.92 Å². The first-order chi connectivity index (χ1) is 18.0. The average molecular weight is 589 g/mol. The van der Waals surface area contributed by atoms with Crippen molar-refractivity contribution in [1.82, 2.24) is 13.7 Å². The molecule has 2 aromatic rings. The number of hydroxylamine groups is 2. The van der Waals surface area contributed by atoms with Gasteiger partial charge in [-0.2, -0.15) is 8.61 Å². The Balaban J connectivity index is 1.39. The molecule has 38 heavy (non-hydrogen) atoms. The summed E-state index contributed by atoms with van der Waals surface area (Å²) in [7, 11) is -7.61. The summed E-state index contributed by atoms with van der Waals surface area (Å²) in [4.78, 5) is 13.5. The van der Waals surface area contributed by atoms with Gasteiger partial charge in [0.2, 0.25) is 26.5 Å². The molecule has 2 aliphatic heterocycles. The number of nitrogens with zero attached hydrogens (tertiary/aromatic N) is 4. The van der Waals surface area contributed by atoms with E-state index in [1.54, 1.807) is 12.1 Å². The largest absolute Gasteiger partial charge is 0.369 e. The van der Waals surface area contributed by atoms with E-state index in [0.717, 1.165) is 5.69 Å². The van der Waals surface area contributed by atoms with Crippen LogP contribution in [-0.4, -0.2) is 93.2 Å². The molecule has 1 amide bonds. The minimum Gasteiger partial charge on any atom is -0.369 e. The van der Waals surface area contributed by atoms with Gasteiger partial charge in [0.05, 0.1) is 16.7 Å². The fraction of sp³-hybridized carbons (Fsp3) is 0.458. The van der Waals surface area contributed by atoms with Crippen LogP contribution in [0, 0.1) is 11.7 Å². The molecule has 2 heterocycles. The topological polar surface area (TPSA) is 119 Å². The normalized spacial score (nSPS) is 19.3. The van der Waals surface area contributed by atoms with Crippen molar-refractivity contribution in [2.75, 3.05) is 49.9 Å². The summed E-state index contributed by atoms with van der Waals surface area (Å²) in [5.41, 5.74) is 0.795. The van der Waals surface area contributed by atoms with E-state index in [2.05, 4.69) is 0 Å². The van der Waals surface area contributed by atoms with Gasteiger partial charge in [0, 0.05) is 50.0 Å². The standard InChI is InChI=1S/C24H30ClFN4O6S2/c25-20-1-7-23(8-2-20)38(35,36)29-11-9-19(10-12-29)24(30(32)18-31)17-37(33,34)28-15-13-27(14-16-28)22-5-3-21(26)4-6-22/h1-8,18-19,24,32H,9-17H2. The monoisotopic (exact) mass is 588 g/mol. The van der Waals surface area contributed by atoms with E-state index >= 15 is 0 Å². The molecule has 0 saturated carbocycles. The second kappa shape index (κ2) is 11.8. The first kappa shape index (κ1) is 28.7. The average Bonchev–Trinajstić information content (AvgIpc) is 2.92. The van der Waals surface area contributed by atoms with Gasteiger partial charge in [-0.15, -0.1) is 0 Å². The molecule has 0 spiro atoms. The minimum absolute atomic E-state index is 0.107. The van der Waals surface area contributed by atoms with E-state index in [0.29, 0.717) is 23.2 Å². The fourth-order valence-electron chi connectivity index (χ4n) is 4.96. The van der Waals surface area contributed by atoms with Crippen LogP contribution in [-0.2, 0) is 24.8 Å². The number of piperidine rings is 1. The molecule has 0 aromatic heterocycles. The van der Waals surface area contributed by atoms with Crippen LogP contribution < -0.4 is 4.90 Å². The van der Waals surface area contributed by atoms with Gasteiger partial charge in [-0.25, -0.2) is 26.3 Å². The van der Waals surface area contributed by atoms with Crippen LogP contribution in [0.25, 0.3) is 0 Å². The number of hydrogen-bond donors (Lipinski definition) is 1. The summed E-state index contributed by atoms with van der Waals surface area (Å²) in [6.07, 6.45) is 0.732. The molecule has 1 unspecified atom stereocenters. The van der Waals surface area contributed by atoms with E-state index in [1.807, 2.05) is 4.90 Å². The molecule has 0 radical (unpaired) electrons. The summed E-state index contributed by atoms with van der Waals surface area (Å²) >= 11 is 5.86. The zero-order valence-electron chi connectivity index (χ0n) is 20.6. The van der Waals surface area contributed by atoms with Crippen LogP contribution in [0.15, 0.2) is 53.4 Å². The summed E-state index contributed by atoms with van der Waals surface area (Å²) in [5, 5.41) is 11.1. The molecule has 2 aliphatic rings. The van der Waals surface area contributed by atoms with Crippen LogP contribution >= 0.6 is 11.6 Å². The van der Waals surface area contributed by atoms with Gasteiger partial charge in [0.1, 0.15) is 5.82 Å². The highest BCUT2D eigenvalue weighted by atomic mass is 35.5. The Kier molecular flexibility index (Phi) is 8.95. The van der Waals surface area contributed by atoms with Crippen molar-refractivity contribution in [3.8, 4) is 0 Å². The number of benzene rings is 2. The summed E-state index contributed by atoms with van der Waals surface area (Å²) in [6.45, 7) is 1.47. The summed E-state index contributed by atoms with van der Waals surface area (Å²) in [5.74, 6) is -1.25. The van der Waals surface area contributed by atoms with E-state index in [9.17, 15) is 31.2 Å². The van der Waals surface area contributed by atoms with E-state index < -0.39 is 37.8 Å². The van der Waals surface area contributed by atoms with Crippen molar-refractivity contribution in [3.63, 3.8) is 0 Å². The SMILES string of the molecule is O=CN(O)C(CS(=O)(=O)N1CCN(c2ccc(F)cc2)CC1)C1CCN(S(=O)(=O)c2ccc(Cl)cc2)CC1. The Labute approximate surface area is 227 Å². The third-order valence-corrected chi connectivity index (χ3v) is 11.2. The van der Waals surface area contributed by atoms with Gasteiger partial charge < -0.3 is 4.90 Å². The Morgan fingerprint density at radius 1 is 0.921 bits per heavy atom. The Morgan fingerprint density at radius 3 is 2.05 bits per heavy atom. The van der Waals surface area contributed by atoms with Crippen molar-refractivity contribution in [1.29, 1.82) is 0 Å². The van der Waals surface area contributed by atoms with Gasteiger partial charge in [0.25, 0.3) is 0 Å². The van der Waals surface area contributed by atoms with Crippen LogP contribution in [0.3, 0.4) is 0 Å². The zero-order valence-corrected chi connectivity index (χ0v) is 23.0. The molecule has 10 nitrogen and oxygen atoms in total. The maximum Gasteiger partial charge on any atom is 0.243 e. The van der Waals surface area contributed by atoms with Gasteiger partial charge in [-0.1, -0.05) is 11.6 Å². The molecule has 4 rings (SSSR count). The molecule has 2 saturated heterocycles. The number of piperazine rings is 1. The van der Waals surface area contributed by atoms with Crippen molar-refractivity contribution >= 4 is 43.7 Å². The summed E-state index contributed by atoms with van der Waals surface area (Å²) < 4.78 is 68.4. The molecule has 14 heteroatoms. The molecular weight excluding hydrogens is 559 g/mol. The third kappa shape index (κ3) is 6.46. The Hall–Kier alpha value is -2.29. The molecule has 1 N–H and O–H groups in total. The second-order valence-electron chi connectivity index (χ2n) is 9.39. The van der Waals surface area contributed by atoms with Crippen LogP contribution in [0.1, 0.15) is 12.8 Å². The van der Waals surface area contributed by atoms with Crippen LogP contribution in [0.2, 0.25) is 5.02 Å². The van der Waals surface area contributed by atoms with E-state index in [4.69, 9.17) is 11.6 Å². The van der Waals surface area contributed by atoms with Gasteiger partial charge in [-0.05, 0) is 67.3 Å². The molecule has 2 aromatic carbocycles. The number of halogens is 2. The van der Waals surface area contributed by atoms with Crippen molar-refractivity contribution in [3.05, 3.63) is 59.4 Å². The Morgan fingerprint density at radius 2 is 1.50 bits per heavy atom. The van der Waals surface area contributed by atoms with Gasteiger partial charge in [-0.3, -0.25) is 10.0 Å². The van der Waals surface area contributed by atoms with Crippen molar-refractivity contribution < 1.29 is 31.2 Å². The second-order valence-corrected chi connectivity index (χ2v) is 13.8. The van der Waals surface area contributed by atoms with E-state index in [-0.39, 0.29) is 56.1 Å². The predicted molar refractivity (Wildman–Crippen MR) is 140 cm³/mol. The molecule has 2 fully saturated rings.